The van der Waals surface area contributed by atoms with E-state index in [2.05, 4.69) is 10.3 Å². The molecular weight excluding hydrogens is 295 g/mol. The van der Waals surface area contributed by atoms with Gasteiger partial charge in [-0.15, -0.1) is 11.3 Å². The van der Waals surface area contributed by atoms with Crippen molar-refractivity contribution in [3.05, 3.63) is 50.2 Å². The number of hydrogen-bond acceptors (Lipinski definition) is 3. The molecule has 0 fully saturated rings. The van der Waals surface area contributed by atoms with E-state index in [1.807, 2.05) is 6.92 Å². The van der Waals surface area contributed by atoms with Gasteiger partial charge in [-0.25, -0.2) is 4.39 Å². The predicted octanol–water partition coefficient (Wildman–Crippen LogP) is 3.15. The van der Waals surface area contributed by atoms with Gasteiger partial charge in [0.05, 0.1) is 6.42 Å². The fourth-order valence-electron chi connectivity index (χ4n) is 1.81. The summed E-state index contributed by atoms with van der Waals surface area (Å²) < 4.78 is 13.4. The fraction of sp³-hybridized carbons (Fsp3) is 0.286. The Morgan fingerprint density at radius 1 is 1.40 bits per heavy atom. The van der Waals surface area contributed by atoms with Crippen molar-refractivity contribution >= 4 is 29.5 Å². The zero-order valence-corrected chi connectivity index (χ0v) is 12.7. The van der Waals surface area contributed by atoms with E-state index in [-0.39, 0.29) is 11.7 Å². The summed E-state index contributed by atoms with van der Waals surface area (Å²) in [6, 6.07) is 6.30. The van der Waals surface area contributed by atoms with Gasteiger partial charge in [0.2, 0.25) is 5.91 Å². The van der Waals surface area contributed by atoms with Crippen LogP contribution in [0.4, 0.5) is 4.39 Å². The average molecular weight is 310 g/mol. The van der Waals surface area contributed by atoms with Gasteiger partial charge in [0.1, 0.15) is 5.82 Å². The topological polar surface area (TPSA) is 44.9 Å². The number of benzene rings is 1. The third kappa shape index (κ3) is 4.25. The highest BCUT2D eigenvalue weighted by Gasteiger charge is 2.08. The number of nitrogens with one attached hydrogen (secondary N) is 2. The van der Waals surface area contributed by atoms with Crippen molar-refractivity contribution in [2.75, 3.05) is 6.54 Å². The van der Waals surface area contributed by atoms with Crippen LogP contribution in [0.25, 0.3) is 0 Å². The van der Waals surface area contributed by atoms with E-state index in [4.69, 9.17) is 12.2 Å². The predicted molar refractivity (Wildman–Crippen MR) is 81.1 cm³/mol. The standard InChI is InChI=1S/C14H15FN2OS2/c1-9-12(20-14(19)17-9)8-13(18)16-7-6-10-2-4-11(15)5-3-10/h2-5H,6-8H2,1H3,(H,16,18)(H,17,19). The lowest BCUT2D eigenvalue weighted by molar-refractivity contribution is -0.120. The second-order valence-corrected chi connectivity index (χ2v) is 6.24. The average Bonchev–Trinajstić information content (AvgIpc) is 2.70. The third-order valence-corrected chi connectivity index (χ3v) is 4.23. The molecule has 1 heterocycles. The lowest BCUT2D eigenvalue weighted by Crippen LogP contribution is -2.27. The molecule has 0 atom stereocenters. The Balaban J connectivity index is 1.79. The number of amides is 1. The van der Waals surface area contributed by atoms with Crippen LogP contribution in [0.5, 0.6) is 0 Å². The molecule has 6 heteroatoms. The smallest absolute Gasteiger partial charge is 0.225 e. The molecule has 1 aromatic heterocycles. The lowest BCUT2D eigenvalue weighted by atomic mass is 10.1. The number of aromatic amines is 1. The second-order valence-electron chi connectivity index (χ2n) is 4.47. The van der Waals surface area contributed by atoms with Crippen molar-refractivity contribution in [2.45, 2.75) is 19.8 Å². The lowest BCUT2D eigenvalue weighted by Gasteiger charge is -2.05. The number of thiazole rings is 1. The van der Waals surface area contributed by atoms with Gasteiger partial charge in [-0.1, -0.05) is 12.1 Å². The Bertz CT molecular complexity index is 646. The molecule has 0 saturated carbocycles. The fourth-order valence-corrected chi connectivity index (χ4v) is 3.10. The van der Waals surface area contributed by atoms with Crippen molar-refractivity contribution in [1.82, 2.24) is 10.3 Å². The van der Waals surface area contributed by atoms with Gasteiger partial charge in [0.25, 0.3) is 0 Å². The first kappa shape index (κ1) is 14.9. The van der Waals surface area contributed by atoms with E-state index in [1.165, 1.54) is 23.5 Å². The molecule has 106 valence electrons. The number of hydrogen-bond donors (Lipinski definition) is 2. The summed E-state index contributed by atoms with van der Waals surface area (Å²) in [6.07, 6.45) is 1.03. The minimum absolute atomic E-state index is 0.0274. The number of carbonyl (C=O) groups is 1. The first-order chi connectivity index (χ1) is 9.54. The van der Waals surface area contributed by atoms with Crippen LogP contribution in [-0.4, -0.2) is 17.4 Å². The van der Waals surface area contributed by atoms with Gasteiger partial charge in [-0.2, -0.15) is 0 Å². The zero-order valence-electron chi connectivity index (χ0n) is 11.0. The molecule has 0 aliphatic heterocycles. The largest absolute Gasteiger partial charge is 0.355 e. The Hall–Kier alpha value is -1.53. The highest BCUT2D eigenvalue weighted by Crippen LogP contribution is 2.14. The van der Waals surface area contributed by atoms with Crippen LogP contribution in [0.1, 0.15) is 16.1 Å². The quantitative estimate of drug-likeness (QED) is 0.833. The van der Waals surface area contributed by atoms with E-state index < -0.39 is 0 Å². The Morgan fingerprint density at radius 3 is 2.70 bits per heavy atom. The van der Waals surface area contributed by atoms with Gasteiger partial charge in [-0.3, -0.25) is 4.79 Å². The Kier molecular flexibility index (Phi) is 5.03. The molecule has 0 unspecified atom stereocenters. The van der Waals surface area contributed by atoms with Crippen LogP contribution in [0, 0.1) is 16.7 Å². The number of aromatic nitrogens is 1. The molecule has 0 bridgehead atoms. The summed E-state index contributed by atoms with van der Waals surface area (Å²) in [6.45, 7) is 2.45. The second kappa shape index (κ2) is 6.76. The van der Waals surface area contributed by atoms with Crippen molar-refractivity contribution in [3.8, 4) is 0 Å². The number of halogens is 1. The van der Waals surface area contributed by atoms with Crippen molar-refractivity contribution in [3.63, 3.8) is 0 Å². The highest BCUT2D eigenvalue weighted by molar-refractivity contribution is 7.73. The molecule has 0 spiro atoms. The zero-order chi connectivity index (χ0) is 14.5. The maximum absolute atomic E-state index is 12.7. The summed E-state index contributed by atoms with van der Waals surface area (Å²) in [5.41, 5.74) is 1.95. The number of rotatable bonds is 5. The maximum atomic E-state index is 12.7. The summed E-state index contributed by atoms with van der Waals surface area (Å²) in [7, 11) is 0. The molecule has 0 saturated heterocycles. The van der Waals surface area contributed by atoms with E-state index in [1.54, 1.807) is 12.1 Å². The van der Waals surface area contributed by atoms with Gasteiger partial charge in [0, 0.05) is 17.1 Å². The van der Waals surface area contributed by atoms with Crippen LogP contribution in [0.15, 0.2) is 24.3 Å². The van der Waals surface area contributed by atoms with Crippen LogP contribution < -0.4 is 5.32 Å². The minimum atomic E-state index is -0.248. The van der Waals surface area contributed by atoms with Gasteiger partial charge >= 0.3 is 0 Å². The molecule has 2 N–H and O–H groups in total. The minimum Gasteiger partial charge on any atom is -0.355 e. The van der Waals surface area contributed by atoms with Crippen molar-refractivity contribution in [1.29, 1.82) is 0 Å². The SMILES string of the molecule is Cc1[nH]c(=S)sc1CC(=O)NCCc1ccc(F)cc1. The maximum Gasteiger partial charge on any atom is 0.225 e. The third-order valence-electron chi connectivity index (χ3n) is 2.89. The van der Waals surface area contributed by atoms with E-state index >= 15 is 0 Å². The molecule has 2 aromatic rings. The first-order valence-electron chi connectivity index (χ1n) is 6.24. The van der Waals surface area contributed by atoms with Gasteiger partial charge in [0.15, 0.2) is 3.95 Å². The Labute approximate surface area is 125 Å². The van der Waals surface area contributed by atoms with Crippen LogP contribution >= 0.6 is 23.6 Å². The Morgan fingerprint density at radius 2 is 2.10 bits per heavy atom. The number of H-pyrrole nitrogens is 1. The van der Waals surface area contributed by atoms with Crippen molar-refractivity contribution < 1.29 is 9.18 Å². The van der Waals surface area contributed by atoms with E-state index in [0.717, 1.165) is 16.1 Å². The molecule has 0 radical (unpaired) electrons. The van der Waals surface area contributed by atoms with Gasteiger partial charge in [-0.05, 0) is 43.3 Å². The van der Waals surface area contributed by atoms with Gasteiger partial charge < -0.3 is 10.3 Å². The molecule has 0 aliphatic rings. The summed E-state index contributed by atoms with van der Waals surface area (Å²) in [5, 5.41) is 2.86. The van der Waals surface area contributed by atoms with E-state index in [0.29, 0.717) is 23.3 Å². The molecular formula is C14H15FN2OS2. The monoisotopic (exact) mass is 310 g/mol. The summed E-state index contributed by atoms with van der Waals surface area (Å²) >= 11 is 6.47. The highest BCUT2D eigenvalue weighted by atomic mass is 32.1. The molecule has 3 nitrogen and oxygen atoms in total. The number of carbonyl (C=O) groups excluding carboxylic acids is 1. The van der Waals surface area contributed by atoms with Crippen LogP contribution in [-0.2, 0) is 17.6 Å². The number of aryl methyl sites for hydroxylation is 1. The van der Waals surface area contributed by atoms with Crippen molar-refractivity contribution in [2.24, 2.45) is 0 Å². The van der Waals surface area contributed by atoms with Crippen LogP contribution in [0.3, 0.4) is 0 Å². The first-order valence-corrected chi connectivity index (χ1v) is 7.47. The molecule has 20 heavy (non-hydrogen) atoms. The normalized spacial score (nSPS) is 10.5. The molecule has 2 rings (SSSR count). The molecule has 1 aromatic carbocycles. The van der Waals surface area contributed by atoms with Crippen LogP contribution in [0.2, 0.25) is 0 Å². The molecule has 0 aliphatic carbocycles. The summed E-state index contributed by atoms with van der Waals surface area (Å²) in [5.74, 6) is -0.276. The molecule has 1 amide bonds. The van der Waals surface area contributed by atoms with E-state index in [9.17, 15) is 9.18 Å². The summed E-state index contributed by atoms with van der Waals surface area (Å²) in [4.78, 5) is 15.8.